The quantitative estimate of drug-likeness (QED) is 0.769. The van der Waals surface area contributed by atoms with Crippen LogP contribution in [0.2, 0.25) is 0 Å². The molecule has 0 heterocycles. The van der Waals surface area contributed by atoms with Crippen LogP contribution in [0.4, 0.5) is 4.39 Å². The third-order valence-corrected chi connectivity index (χ3v) is 2.90. The molecule has 0 amide bonds. The number of halogens is 1. The monoisotopic (exact) mass is 289 g/mol. The van der Waals surface area contributed by atoms with Gasteiger partial charge < -0.3 is 15.2 Å². The number of rotatable bonds is 7. The lowest BCUT2D eigenvalue weighted by Crippen LogP contribution is -2.21. The van der Waals surface area contributed by atoms with Crippen molar-refractivity contribution in [1.29, 1.82) is 0 Å². The van der Waals surface area contributed by atoms with Crippen LogP contribution in [0.1, 0.15) is 15.9 Å². The first kappa shape index (κ1) is 15.0. The molecule has 0 aromatic heterocycles. The fourth-order valence-electron chi connectivity index (χ4n) is 1.82. The Hall–Kier alpha value is -2.40. The molecule has 21 heavy (non-hydrogen) atoms. The fourth-order valence-corrected chi connectivity index (χ4v) is 1.82. The van der Waals surface area contributed by atoms with Crippen molar-refractivity contribution in [2.45, 2.75) is 6.54 Å². The van der Waals surface area contributed by atoms with Gasteiger partial charge in [0.25, 0.3) is 0 Å². The van der Waals surface area contributed by atoms with Crippen molar-refractivity contribution in [1.82, 2.24) is 5.32 Å². The molecule has 2 aromatic rings. The maximum atomic E-state index is 13.4. The van der Waals surface area contributed by atoms with E-state index >= 15 is 0 Å². The van der Waals surface area contributed by atoms with Crippen molar-refractivity contribution in [2.75, 3.05) is 13.2 Å². The van der Waals surface area contributed by atoms with Gasteiger partial charge in [-0.05, 0) is 24.3 Å². The summed E-state index contributed by atoms with van der Waals surface area (Å²) in [4.78, 5) is 10.8. The highest BCUT2D eigenvalue weighted by molar-refractivity contribution is 5.87. The first-order valence-electron chi connectivity index (χ1n) is 6.57. The van der Waals surface area contributed by atoms with Crippen LogP contribution in [0.3, 0.4) is 0 Å². The predicted octanol–water partition coefficient (Wildman–Crippen LogP) is 2.69. The smallest absolute Gasteiger partial charge is 0.335 e. The summed E-state index contributed by atoms with van der Waals surface area (Å²) in [6.07, 6.45) is 0. The third-order valence-electron chi connectivity index (χ3n) is 2.90. The molecule has 0 aliphatic heterocycles. The topological polar surface area (TPSA) is 58.6 Å². The highest BCUT2D eigenvalue weighted by Crippen LogP contribution is 2.13. The molecule has 5 heteroatoms. The van der Waals surface area contributed by atoms with Crippen molar-refractivity contribution in [3.05, 3.63) is 65.5 Å². The van der Waals surface area contributed by atoms with E-state index < -0.39 is 5.97 Å². The number of ether oxygens (including phenoxy) is 1. The van der Waals surface area contributed by atoms with E-state index in [4.69, 9.17) is 9.84 Å². The first-order valence-corrected chi connectivity index (χ1v) is 6.57. The molecule has 4 nitrogen and oxygen atoms in total. The van der Waals surface area contributed by atoms with Crippen LogP contribution in [-0.2, 0) is 6.54 Å². The first-order chi connectivity index (χ1) is 10.2. The molecular weight excluding hydrogens is 273 g/mol. The minimum absolute atomic E-state index is 0.187. The Labute approximate surface area is 122 Å². The van der Waals surface area contributed by atoms with Gasteiger partial charge in [0.15, 0.2) is 0 Å². The van der Waals surface area contributed by atoms with Crippen LogP contribution in [0.25, 0.3) is 0 Å². The van der Waals surface area contributed by atoms with Crippen LogP contribution in [0.15, 0.2) is 48.5 Å². The number of hydrogen-bond acceptors (Lipinski definition) is 3. The molecule has 0 aliphatic rings. The molecule has 2 rings (SSSR count). The van der Waals surface area contributed by atoms with Crippen LogP contribution in [0, 0.1) is 5.82 Å². The van der Waals surface area contributed by atoms with Crippen LogP contribution in [0.5, 0.6) is 5.75 Å². The van der Waals surface area contributed by atoms with Gasteiger partial charge in [-0.2, -0.15) is 0 Å². The van der Waals surface area contributed by atoms with E-state index in [2.05, 4.69) is 5.32 Å². The lowest BCUT2D eigenvalue weighted by atomic mass is 10.2. The molecule has 0 bridgehead atoms. The van der Waals surface area contributed by atoms with Crippen molar-refractivity contribution in [2.24, 2.45) is 0 Å². The number of benzene rings is 2. The zero-order chi connectivity index (χ0) is 15.1. The molecule has 0 spiro atoms. The fraction of sp³-hybridized carbons (Fsp3) is 0.188. The summed E-state index contributed by atoms with van der Waals surface area (Å²) in [6, 6.07) is 12.9. The second-order valence-electron chi connectivity index (χ2n) is 4.45. The highest BCUT2D eigenvalue weighted by Gasteiger charge is 2.03. The minimum Gasteiger partial charge on any atom is -0.492 e. The van der Waals surface area contributed by atoms with E-state index in [1.165, 1.54) is 18.2 Å². The van der Waals surface area contributed by atoms with Gasteiger partial charge in [0, 0.05) is 18.7 Å². The number of aromatic carboxylic acids is 1. The van der Waals surface area contributed by atoms with Gasteiger partial charge in [-0.25, -0.2) is 9.18 Å². The lowest BCUT2D eigenvalue weighted by molar-refractivity contribution is 0.0696. The molecule has 0 fully saturated rings. The summed E-state index contributed by atoms with van der Waals surface area (Å²) < 4.78 is 18.8. The third kappa shape index (κ3) is 4.57. The van der Waals surface area contributed by atoms with Crippen molar-refractivity contribution < 1.29 is 19.0 Å². The van der Waals surface area contributed by atoms with E-state index in [9.17, 15) is 9.18 Å². The highest BCUT2D eigenvalue weighted by atomic mass is 19.1. The molecule has 0 radical (unpaired) electrons. The second kappa shape index (κ2) is 7.40. The maximum absolute atomic E-state index is 13.4. The van der Waals surface area contributed by atoms with E-state index in [0.717, 1.165) is 0 Å². The van der Waals surface area contributed by atoms with Crippen molar-refractivity contribution >= 4 is 5.97 Å². The molecule has 110 valence electrons. The lowest BCUT2D eigenvalue weighted by Gasteiger charge is -2.08. The average Bonchev–Trinajstić information content (AvgIpc) is 2.49. The summed E-state index contributed by atoms with van der Waals surface area (Å²) in [5, 5.41) is 11.9. The summed E-state index contributed by atoms with van der Waals surface area (Å²) in [5.74, 6) is -0.721. The van der Waals surface area contributed by atoms with Gasteiger partial charge in [-0.3, -0.25) is 0 Å². The van der Waals surface area contributed by atoms with E-state index in [0.29, 0.717) is 31.0 Å². The Morgan fingerprint density at radius 2 is 2.00 bits per heavy atom. The number of hydrogen-bond donors (Lipinski definition) is 2. The van der Waals surface area contributed by atoms with Crippen molar-refractivity contribution in [3.8, 4) is 5.75 Å². The Morgan fingerprint density at radius 1 is 1.19 bits per heavy atom. The summed E-state index contributed by atoms with van der Waals surface area (Å²) >= 11 is 0. The zero-order valence-corrected chi connectivity index (χ0v) is 11.4. The molecule has 0 saturated carbocycles. The summed E-state index contributed by atoms with van der Waals surface area (Å²) in [6.45, 7) is 1.33. The second-order valence-corrected chi connectivity index (χ2v) is 4.45. The Morgan fingerprint density at radius 3 is 2.76 bits per heavy atom. The van der Waals surface area contributed by atoms with Gasteiger partial charge in [-0.15, -0.1) is 0 Å². The number of carbonyl (C=O) groups is 1. The van der Waals surface area contributed by atoms with Gasteiger partial charge in [-0.1, -0.05) is 24.3 Å². The molecule has 0 unspecified atom stereocenters. The normalized spacial score (nSPS) is 10.3. The molecule has 2 aromatic carbocycles. The number of carboxylic acids is 1. The molecule has 2 N–H and O–H groups in total. The van der Waals surface area contributed by atoms with Gasteiger partial charge in [0.05, 0.1) is 5.56 Å². The van der Waals surface area contributed by atoms with Gasteiger partial charge in [0.2, 0.25) is 0 Å². The van der Waals surface area contributed by atoms with Crippen LogP contribution >= 0.6 is 0 Å². The van der Waals surface area contributed by atoms with Crippen LogP contribution < -0.4 is 10.1 Å². The maximum Gasteiger partial charge on any atom is 0.335 e. The Kier molecular flexibility index (Phi) is 5.29. The van der Waals surface area contributed by atoms with E-state index in [-0.39, 0.29) is 11.4 Å². The number of nitrogens with one attached hydrogen (secondary N) is 1. The SMILES string of the molecule is O=C(O)c1cccc(OCCNCc2ccccc2F)c1. The molecular formula is C16H16FNO3. The molecule has 0 aliphatic carbocycles. The van der Waals surface area contributed by atoms with Crippen molar-refractivity contribution in [3.63, 3.8) is 0 Å². The van der Waals surface area contributed by atoms with Gasteiger partial charge >= 0.3 is 5.97 Å². The molecule has 0 saturated heterocycles. The van der Waals surface area contributed by atoms with Gasteiger partial charge in [0.1, 0.15) is 18.2 Å². The summed E-state index contributed by atoms with van der Waals surface area (Å²) in [7, 11) is 0. The van der Waals surface area contributed by atoms with E-state index in [1.54, 1.807) is 30.3 Å². The Bertz CT molecular complexity index is 616. The standard InChI is InChI=1S/C16H16FNO3/c17-15-7-2-1-4-13(15)11-18-8-9-21-14-6-3-5-12(10-14)16(19)20/h1-7,10,18H,8-9,11H2,(H,19,20). The summed E-state index contributed by atoms with van der Waals surface area (Å²) in [5.41, 5.74) is 0.789. The predicted molar refractivity (Wildman–Crippen MR) is 77.0 cm³/mol. The Balaban J connectivity index is 1.74. The zero-order valence-electron chi connectivity index (χ0n) is 11.4. The van der Waals surface area contributed by atoms with E-state index in [1.807, 2.05) is 0 Å². The largest absolute Gasteiger partial charge is 0.492 e. The van der Waals surface area contributed by atoms with Crippen LogP contribution in [-0.4, -0.2) is 24.2 Å². The number of carboxylic acid groups (broad SMARTS) is 1. The molecule has 0 atom stereocenters. The average molecular weight is 289 g/mol. The minimum atomic E-state index is -0.988.